The van der Waals surface area contributed by atoms with Gasteiger partial charge >= 0.3 is 0 Å². The number of carbonyl (C=O) groups excluding carboxylic acids is 1. The van der Waals surface area contributed by atoms with E-state index in [9.17, 15) is 9.18 Å². The number of anilines is 3. The highest BCUT2D eigenvalue weighted by Gasteiger charge is 2.42. The van der Waals surface area contributed by atoms with Crippen LogP contribution in [0.5, 0.6) is 0 Å². The average molecular weight is 555 g/mol. The molecule has 0 spiro atoms. The van der Waals surface area contributed by atoms with Gasteiger partial charge in [-0.25, -0.2) is 19.0 Å². The summed E-state index contributed by atoms with van der Waals surface area (Å²) in [4.78, 5) is 28.7. The molecule has 39 heavy (non-hydrogen) atoms. The van der Waals surface area contributed by atoms with Gasteiger partial charge in [0.05, 0.1) is 18.4 Å². The second-order valence-corrected chi connectivity index (χ2v) is 9.76. The first-order valence-corrected chi connectivity index (χ1v) is 12.7. The fourth-order valence-corrected chi connectivity index (χ4v) is 4.62. The Kier molecular flexibility index (Phi) is 7.44. The normalized spacial score (nSPS) is 15.7. The van der Waals surface area contributed by atoms with Crippen molar-refractivity contribution in [3.63, 3.8) is 0 Å². The third-order valence-corrected chi connectivity index (χ3v) is 6.90. The molecule has 0 bridgehead atoms. The molecular formula is C25H28ClFN10O2. The number of amides is 1. The first-order valence-electron chi connectivity index (χ1n) is 12.4. The van der Waals surface area contributed by atoms with E-state index < -0.39 is 11.4 Å². The molecule has 5 heterocycles. The zero-order valence-corrected chi connectivity index (χ0v) is 22.4. The Hall–Kier alpha value is -4.10. The maximum atomic E-state index is 13.4. The van der Waals surface area contributed by atoms with E-state index >= 15 is 0 Å². The minimum atomic E-state index is -1.00. The number of carbonyl (C=O) groups is 1. The Bertz CT molecular complexity index is 1450. The van der Waals surface area contributed by atoms with Gasteiger partial charge in [0.25, 0.3) is 5.91 Å². The van der Waals surface area contributed by atoms with Crippen molar-refractivity contribution in [2.75, 3.05) is 30.4 Å². The molecule has 0 aliphatic carbocycles. The highest BCUT2D eigenvalue weighted by atomic mass is 35.5. The van der Waals surface area contributed by atoms with E-state index in [-0.39, 0.29) is 11.9 Å². The first kappa shape index (κ1) is 26.5. The summed E-state index contributed by atoms with van der Waals surface area (Å²) in [6.07, 6.45) is 4.86. The minimum Gasteiger partial charge on any atom is -0.368 e. The van der Waals surface area contributed by atoms with Crippen LogP contribution in [0.3, 0.4) is 0 Å². The molecule has 12 nitrogen and oxygen atoms in total. The summed E-state index contributed by atoms with van der Waals surface area (Å²) in [5.74, 6) is 1.42. The third-order valence-electron chi connectivity index (χ3n) is 6.71. The molecule has 204 valence electrons. The maximum absolute atomic E-state index is 13.4. The molecule has 1 aliphatic rings. The minimum absolute atomic E-state index is 0.210. The zero-order valence-electron chi connectivity index (χ0n) is 21.7. The van der Waals surface area contributed by atoms with Crippen molar-refractivity contribution >= 4 is 35.1 Å². The van der Waals surface area contributed by atoms with E-state index in [1.807, 2.05) is 30.9 Å². The van der Waals surface area contributed by atoms with E-state index in [2.05, 4.69) is 40.9 Å². The Morgan fingerprint density at radius 3 is 2.62 bits per heavy atom. The van der Waals surface area contributed by atoms with Crippen LogP contribution in [0.1, 0.15) is 37.1 Å². The number of aromatic amines is 1. The molecule has 4 aromatic heterocycles. The lowest BCUT2D eigenvalue weighted by Crippen LogP contribution is -2.55. The van der Waals surface area contributed by atoms with E-state index in [1.54, 1.807) is 25.4 Å². The Balaban J connectivity index is 1.22. The number of pyridine rings is 1. The molecule has 1 amide bonds. The van der Waals surface area contributed by atoms with Gasteiger partial charge in [-0.3, -0.25) is 9.89 Å². The van der Waals surface area contributed by atoms with Crippen LogP contribution in [0, 0.1) is 12.7 Å². The molecule has 1 atom stereocenters. The summed E-state index contributed by atoms with van der Waals surface area (Å²) in [5, 5.41) is 17.4. The number of piperidine rings is 1. The highest BCUT2D eigenvalue weighted by Crippen LogP contribution is 2.30. The van der Waals surface area contributed by atoms with Crippen molar-refractivity contribution in [3.05, 3.63) is 65.1 Å². The predicted molar refractivity (Wildman–Crippen MR) is 143 cm³/mol. The summed E-state index contributed by atoms with van der Waals surface area (Å²) < 4.78 is 20.4. The van der Waals surface area contributed by atoms with Crippen molar-refractivity contribution < 1.29 is 13.9 Å². The van der Waals surface area contributed by atoms with Gasteiger partial charge < -0.3 is 20.3 Å². The number of halogens is 2. The number of hydrogen-bond donors (Lipinski definition) is 3. The second kappa shape index (κ2) is 10.9. The van der Waals surface area contributed by atoms with Gasteiger partial charge in [-0.1, -0.05) is 17.7 Å². The first-order chi connectivity index (χ1) is 18.7. The molecule has 0 aromatic carbocycles. The lowest BCUT2D eigenvalue weighted by molar-refractivity contribution is -0.146. The van der Waals surface area contributed by atoms with Crippen LogP contribution < -0.4 is 15.5 Å². The fraction of sp³-hybridized carbons (Fsp3) is 0.360. The summed E-state index contributed by atoms with van der Waals surface area (Å²) in [5.41, 5.74) is 0.705. The van der Waals surface area contributed by atoms with Crippen LogP contribution in [0.4, 0.5) is 22.0 Å². The van der Waals surface area contributed by atoms with Crippen LogP contribution in [-0.4, -0.2) is 66.6 Å². The van der Waals surface area contributed by atoms with Gasteiger partial charge in [-0.2, -0.15) is 15.2 Å². The highest BCUT2D eigenvalue weighted by molar-refractivity contribution is 6.29. The molecule has 5 rings (SSSR count). The van der Waals surface area contributed by atoms with Crippen LogP contribution in [0.2, 0.25) is 5.15 Å². The molecule has 1 aliphatic heterocycles. The van der Waals surface area contributed by atoms with Crippen LogP contribution in [-0.2, 0) is 9.53 Å². The number of nitrogens with zero attached hydrogens (tertiary/aromatic N) is 7. The van der Waals surface area contributed by atoms with Gasteiger partial charge in [0, 0.05) is 57.1 Å². The lowest BCUT2D eigenvalue weighted by atomic mass is 9.89. The summed E-state index contributed by atoms with van der Waals surface area (Å²) in [6, 6.07) is 6.70. The van der Waals surface area contributed by atoms with E-state index in [4.69, 9.17) is 16.3 Å². The molecule has 1 fully saturated rings. The van der Waals surface area contributed by atoms with Crippen molar-refractivity contribution in [3.8, 4) is 5.82 Å². The Morgan fingerprint density at radius 2 is 2.00 bits per heavy atom. The topological polar surface area (TPSA) is 139 Å². The Labute approximate surface area is 229 Å². The van der Waals surface area contributed by atoms with Crippen LogP contribution in [0.25, 0.3) is 5.82 Å². The number of methoxy groups -OCH3 is 1. The molecule has 1 saturated heterocycles. The van der Waals surface area contributed by atoms with E-state index in [1.165, 1.54) is 10.9 Å². The Morgan fingerprint density at radius 1 is 1.21 bits per heavy atom. The zero-order chi connectivity index (χ0) is 27.6. The van der Waals surface area contributed by atoms with Crippen molar-refractivity contribution in [1.29, 1.82) is 0 Å². The number of H-pyrrole nitrogens is 1. The van der Waals surface area contributed by atoms with Gasteiger partial charge in [0.2, 0.25) is 5.95 Å². The van der Waals surface area contributed by atoms with Crippen molar-refractivity contribution in [2.45, 2.75) is 38.3 Å². The number of ether oxygens (including phenoxy) is 1. The standard InChI is InChI=1S/C25H28ClFN10O2/c1-15-10-21(35-34-15)32-20-11-19(26)31-24(33-20)36-8-6-25(39-3,7-9-36)23(38)30-16(2)17-4-5-22(28-12-17)37-14-18(27)13-29-37/h4-5,10-14,16H,6-9H2,1-3H3,(H,30,38)(H2,31,32,33,34,35)/t16-/m0/s1. The lowest BCUT2D eigenvalue weighted by Gasteiger charge is -2.40. The molecular weight excluding hydrogens is 527 g/mol. The molecule has 14 heteroatoms. The SMILES string of the molecule is COC1(C(=O)N[C@@H](C)c2ccc(-n3cc(F)cn3)nc2)CCN(c2nc(Cl)cc(Nc3cc(C)[nH]n3)n2)CC1. The van der Waals surface area contributed by atoms with Gasteiger partial charge in [-0.05, 0) is 25.5 Å². The molecule has 0 radical (unpaired) electrons. The maximum Gasteiger partial charge on any atom is 0.252 e. The van der Waals surface area contributed by atoms with Crippen LogP contribution in [0.15, 0.2) is 42.9 Å². The number of aromatic nitrogens is 7. The van der Waals surface area contributed by atoms with Crippen molar-refractivity contribution in [1.82, 2.24) is 40.2 Å². The van der Waals surface area contributed by atoms with Gasteiger partial charge in [0.15, 0.2) is 17.5 Å². The van der Waals surface area contributed by atoms with Gasteiger partial charge in [0.1, 0.15) is 16.6 Å². The number of aryl methyl sites for hydroxylation is 1. The van der Waals surface area contributed by atoms with E-state index in [0.29, 0.717) is 54.5 Å². The summed E-state index contributed by atoms with van der Waals surface area (Å²) in [7, 11) is 1.54. The quantitative estimate of drug-likeness (QED) is 0.279. The third kappa shape index (κ3) is 5.83. The number of nitrogens with one attached hydrogen (secondary N) is 3. The van der Waals surface area contributed by atoms with Crippen LogP contribution >= 0.6 is 11.6 Å². The average Bonchev–Trinajstić information content (AvgIpc) is 3.55. The fourth-order valence-electron chi connectivity index (χ4n) is 4.44. The summed E-state index contributed by atoms with van der Waals surface area (Å²) >= 11 is 6.27. The van der Waals surface area contributed by atoms with E-state index in [0.717, 1.165) is 17.5 Å². The monoisotopic (exact) mass is 554 g/mol. The smallest absolute Gasteiger partial charge is 0.252 e. The molecule has 0 saturated carbocycles. The number of hydrogen-bond acceptors (Lipinski definition) is 9. The predicted octanol–water partition coefficient (Wildman–Crippen LogP) is 3.49. The van der Waals surface area contributed by atoms with Crippen molar-refractivity contribution in [2.24, 2.45) is 0 Å². The molecule has 4 aromatic rings. The molecule has 0 unspecified atom stereocenters. The largest absolute Gasteiger partial charge is 0.368 e. The second-order valence-electron chi connectivity index (χ2n) is 9.37. The summed E-state index contributed by atoms with van der Waals surface area (Å²) in [6.45, 7) is 4.76. The molecule has 3 N–H and O–H groups in total. The number of rotatable bonds is 8. The van der Waals surface area contributed by atoms with Gasteiger partial charge in [-0.15, -0.1) is 0 Å².